The molecular formula is C28H34FN5O. The molecule has 0 amide bonds. The molecule has 0 radical (unpaired) electrons. The predicted octanol–water partition coefficient (Wildman–Crippen LogP) is 5.14. The maximum absolute atomic E-state index is 14.7. The lowest BCUT2D eigenvalue weighted by Crippen LogP contribution is -2.51. The minimum Gasteiger partial charge on any atom is -0.507 e. The summed E-state index contributed by atoms with van der Waals surface area (Å²) in [6, 6.07) is 5.84. The molecule has 1 N–H and O–H groups in total. The summed E-state index contributed by atoms with van der Waals surface area (Å²) in [6.07, 6.45) is 10.2. The molecule has 7 heteroatoms. The van der Waals surface area contributed by atoms with Gasteiger partial charge in [0.25, 0.3) is 0 Å². The average Bonchev–Trinajstić information content (AvgIpc) is 3.33. The van der Waals surface area contributed by atoms with Crippen LogP contribution in [-0.2, 0) is 0 Å². The van der Waals surface area contributed by atoms with Crippen LogP contribution in [0.5, 0.6) is 5.75 Å². The smallest absolute Gasteiger partial charge is 0.149 e. The summed E-state index contributed by atoms with van der Waals surface area (Å²) in [5, 5.41) is 19.7. The number of amidine groups is 1. The third-order valence-corrected chi connectivity index (χ3v) is 6.89. The number of benzene rings is 1. The Labute approximate surface area is 207 Å². The molecule has 184 valence electrons. The molecule has 4 rings (SSSR count). The lowest BCUT2D eigenvalue weighted by Gasteiger charge is -2.38. The van der Waals surface area contributed by atoms with Crippen LogP contribution in [0.1, 0.15) is 44.2 Å². The van der Waals surface area contributed by atoms with E-state index in [1.807, 2.05) is 32.1 Å². The Bertz CT molecular complexity index is 1170. The molecule has 1 aliphatic carbocycles. The highest BCUT2D eigenvalue weighted by Gasteiger charge is 2.30. The van der Waals surface area contributed by atoms with Crippen molar-refractivity contribution in [2.75, 3.05) is 33.2 Å². The van der Waals surface area contributed by atoms with E-state index in [2.05, 4.69) is 31.6 Å². The fraction of sp³-hybridized carbons (Fsp3) is 0.393. The van der Waals surface area contributed by atoms with Crippen molar-refractivity contribution >= 4 is 22.8 Å². The van der Waals surface area contributed by atoms with E-state index in [9.17, 15) is 9.50 Å². The number of hydrogen-bond donors (Lipinski definition) is 1. The van der Waals surface area contributed by atoms with Crippen LogP contribution in [-0.4, -0.2) is 71.4 Å². The van der Waals surface area contributed by atoms with Crippen molar-refractivity contribution in [3.8, 4) is 5.75 Å². The quantitative estimate of drug-likeness (QED) is 0.364. The third-order valence-electron chi connectivity index (χ3n) is 6.89. The Morgan fingerprint density at radius 3 is 2.77 bits per heavy atom. The van der Waals surface area contributed by atoms with Gasteiger partial charge in [0.05, 0.1) is 11.4 Å². The van der Waals surface area contributed by atoms with Crippen LogP contribution >= 0.6 is 0 Å². The molecule has 0 aromatic heterocycles. The molecule has 0 saturated carbocycles. The lowest BCUT2D eigenvalue weighted by molar-refractivity contribution is 0.151. The number of nitrogens with zero attached hydrogens (tertiary/aromatic N) is 5. The fourth-order valence-corrected chi connectivity index (χ4v) is 5.01. The van der Waals surface area contributed by atoms with E-state index in [1.54, 1.807) is 25.3 Å². The second-order valence-corrected chi connectivity index (χ2v) is 9.08. The first-order valence-electron chi connectivity index (χ1n) is 12.3. The largest absolute Gasteiger partial charge is 0.507 e. The molecule has 2 fully saturated rings. The summed E-state index contributed by atoms with van der Waals surface area (Å²) in [4.78, 5) is 8.91. The number of phenols is 1. The molecule has 0 spiro atoms. The average molecular weight is 476 g/mol. The second kappa shape index (κ2) is 11.0. The van der Waals surface area contributed by atoms with E-state index in [1.165, 1.54) is 25.5 Å². The number of piperazine rings is 1. The summed E-state index contributed by atoms with van der Waals surface area (Å²) in [5.41, 5.74) is 3.48. The molecular weight excluding hydrogens is 441 g/mol. The number of hydrogen-bond acceptors (Lipinski definition) is 5. The monoisotopic (exact) mass is 475 g/mol. The van der Waals surface area contributed by atoms with Gasteiger partial charge in [-0.25, -0.2) is 4.39 Å². The highest BCUT2D eigenvalue weighted by atomic mass is 19.1. The van der Waals surface area contributed by atoms with Gasteiger partial charge in [0.1, 0.15) is 17.4 Å². The molecule has 0 unspecified atom stereocenters. The van der Waals surface area contributed by atoms with Gasteiger partial charge >= 0.3 is 0 Å². The highest BCUT2D eigenvalue weighted by Crippen LogP contribution is 2.31. The third kappa shape index (κ3) is 5.35. The van der Waals surface area contributed by atoms with Gasteiger partial charge in [0.2, 0.25) is 0 Å². The number of halogens is 1. The molecule has 2 saturated heterocycles. The normalized spacial score (nSPS) is 24.0. The van der Waals surface area contributed by atoms with E-state index in [0.29, 0.717) is 34.2 Å². The second-order valence-electron chi connectivity index (χ2n) is 9.08. The SMILES string of the molecule is C=C/C(=N\N=C(/C)N1CCN2CCC[C@@H]2C1)c1ccc(C2=C/C(=C/CC)C(=NC)C(F)=C2)cc1O. The van der Waals surface area contributed by atoms with E-state index in [4.69, 9.17) is 0 Å². The standard InChI is InChI=1S/C28H34FN5O/c1-5-8-21-15-22(16-25(29)28(21)30-4)20-10-11-24(27(35)17-20)26(6-2)32-31-19(3)34-14-13-33-12-7-9-23(33)18-34/h6,8,10-11,15-17,23,35H,2,5,7,9,12-14,18H2,1,3-4H3/b21-8-,30-28?,31-19+,32-26+/t23-/m1/s1. The topological polar surface area (TPSA) is 63.8 Å². The van der Waals surface area contributed by atoms with Crippen molar-refractivity contribution in [3.05, 3.63) is 71.6 Å². The van der Waals surface area contributed by atoms with E-state index >= 15 is 0 Å². The van der Waals surface area contributed by atoms with Gasteiger partial charge in [-0.3, -0.25) is 9.89 Å². The summed E-state index contributed by atoms with van der Waals surface area (Å²) >= 11 is 0. The first kappa shape index (κ1) is 24.8. The Morgan fingerprint density at radius 2 is 2.06 bits per heavy atom. The van der Waals surface area contributed by atoms with Crippen molar-refractivity contribution in [1.82, 2.24) is 9.80 Å². The van der Waals surface area contributed by atoms with Gasteiger partial charge in [-0.15, -0.1) is 10.2 Å². The van der Waals surface area contributed by atoms with Crippen LogP contribution in [0.25, 0.3) is 5.57 Å². The summed E-state index contributed by atoms with van der Waals surface area (Å²) < 4.78 is 14.7. The fourth-order valence-electron chi connectivity index (χ4n) is 5.01. The molecule has 2 heterocycles. The van der Waals surface area contributed by atoms with Crippen molar-refractivity contribution in [2.45, 2.75) is 39.2 Å². The van der Waals surface area contributed by atoms with Crippen LogP contribution in [0.4, 0.5) is 4.39 Å². The van der Waals surface area contributed by atoms with Crippen molar-refractivity contribution < 1.29 is 9.50 Å². The maximum Gasteiger partial charge on any atom is 0.149 e. The van der Waals surface area contributed by atoms with E-state index in [-0.39, 0.29) is 11.6 Å². The van der Waals surface area contributed by atoms with Gasteiger partial charge < -0.3 is 10.0 Å². The zero-order chi connectivity index (χ0) is 24.9. The van der Waals surface area contributed by atoms with Gasteiger partial charge in [0.15, 0.2) is 0 Å². The zero-order valence-electron chi connectivity index (χ0n) is 20.8. The molecule has 3 aliphatic rings. The van der Waals surface area contributed by atoms with Crippen molar-refractivity contribution in [3.63, 3.8) is 0 Å². The van der Waals surface area contributed by atoms with Crippen LogP contribution in [0.15, 0.2) is 75.7 Å². The molecule has 6 nitrogen and oxygen atoms in total. The number of fused-ring (bicyclic) bond motifs is 1. The van der Waals surface area contributed by atoms with Crippen LogP contribution in [0, 0.1) is 0 Å². The predicted molar refractivity (Wildman–Crippen MR) is 143 cm³/mol. The lowest BCUT2D eigenvalue weighted by atomic mass is 9.92. The first-order chi connectivity index (χ1) is 16.9. The molecule has 1 aromatic rings. The van der Waals surface area contributed by atoms with E-state index in [0.717, 1.165) is 37.5 Å². The Kier molecular flexibility index (Phi) is 7.76. The van der Waals surface area contributed by atoms with Gasteiger partial charge in [-0.2, -0.15) is 0 Å². The summed E-state index contributed by atoms with van der Waals surface area (Å²) in [7, 11) is 1.58. The van der Waals surface area contributed by atoms with Gasteiger partial charge in [-0.1, -0.05) is 25.6 Å². The van der Waals surface area contributed by atoms with Crippen LogP contribution in [0.2, 0.25) is 0 Å². The Balaban J connectivity index is 1.56. The molecule has 1 aromatic carbocycles. The maximum atomic E-state index is 14.7. The molecule has 35 heavy (non-hydrogen) atoms. The molecule has 1 atom stereocenters. The van der Waals surface area contributed by atoms with Crippen LogP contribution < -0.4 is 0 Å². The minimum absolute atomic E-state index is 0.0410. The number of allylic oxidation sites excluding steroid dienone is 7. The summed E-state index contributed by atoms with van der Waals surface area (Å²) in [5.74, 6) is 0.521. The number of rotatable bonds is 5. The molecule has 0 bridgehead atoms. The highest BCUT2D eigenvalue weighted by molar-refractivity contribution is 6.17. The Hall–Kier alpha value is -3.32. The number of phenolic OH excluding ortho intramolecular Hbond substituents is 1. The zero-order valence-corrected chi connectivity index (χ0v) is 20.8. The van der Waals surface area contributed by atoms with Gasteiger partial charge in [-0.05, 0) is 79.8 Å². The number of aliphatic imine (C=N–C) groups is 1. The van der Waals surface area contributed by atoms with Crippen molar-refractivity contribution in [1.29, 1.82) is 0 Å². The minimum atomic E-state index is -0.384. The Morgan fingerprint density at radius 1 is 1.23 bits per heavy atom. The first-order valence-corrected chi connectivity index (χ1v) is 12.3. The van der Waals surface area contributed by atoms with Gasteiger partial charge in [0, 0.05) is 38.3 Å². The van der Waals surface area contributed by atoms with E-state index < -0.39 is 0 Å². The summed E-state index contributed by atoms with van der Waals surface area (Å²) in [6.45, 7) is 12.0. The van der Waals surface area contributed by atoms with Crippen molar-refractivity contribution in [2.24, 2.45) is 15.2 Å². The van der Waals surface area contributed by atoms with Crippen LogP contribution in [0.3, 0.4) is 0 Å². The molecule has 2 aliphatic heterocycles. The number of aromatic hydroxyl groups is 1.